The van der Waals surface area contributed by atoms with Crippen LogP contribution in [0.25, 0.3) is 0 Å². The summed E-state index contributed by atoms with van der Waals surface area (Å²) in [6, 6.07) is 13.9. The highest BCUT2D eigenvalue weighted by atomic mass is 32.2. The normalized spacial score (nSPS) is 13.1. The molecule has 0 radical (unpaired) electrons. The molecule has 2 aromatic carbocycles. The molecule has 0 bridgehead atoms. The number of sulfonamides is 1. The highest BCUT2D eigenvalue weighted by Crippen LogP contribution is 2.22. The van der Waals surface area contributed by atoms with Gasteiger partial charge in [0.2, 0.25) is 21.8 Å². The Bertz CT molecular complexity index is 1050. The Labute approximate surface area is 195 Å². The van der Waals surface area contributed by atoms with E-state index < -0.39 is 34.3 Å². The third-order valence-corrected chi connectivity index (χ3v) is 6.58. The van der Waals surface area contributed by atoms with Gasteiger partial charge in [0, 0.05) is 12.6 Å². The quantitative estimate of drug-likeness (QED) is 0.539. The van der Waals surface area contributed by atoms with Crippen molar-refractivity contribution in [1.82, 2.24) is 10.2 Å². The number of rotatable bonds is 11. The summed E-state index contributed by atoms with van der Waals surface area (Å²) in [4.78, 5) is 27.5. The van der Waals surface area contributed by atoms with E-state index >= 15 is 0 Å². The maximum atomic E-state index is 14.4. The second-order valence-electron chi connectivity index (χ2n) is 8.04. The van der Waals surface area contributed by atoms with Crippen LogP contribution < -0.4 is 9.62 Å². The molecule has 0 saturated carbocycles. The summed E-state index contributed by atoms with van der Waals surface area (Å²) in [5, 5.41) is 2.86. The highest BCUT2D eigenvalue weighted by molar-refractivity contribution is 7.92. The average molecular weight is 478 g/mol. The van der Waals surface area contributed by atoms with Crippen molar-refractivity contribution in [2.75, 3.05) is 23.7 Å². The molecule has 0 aliphatic heterocycles. The smallest absolute Gasteiger partial charge is 0.244 e. The Morgan fingerprint density at radius 2 is 1.64 bits per heavy atom. The molecule has 2 amide bonds. The Hall–Kier alpha value is -2.94. The number of carbonyl (C=O) groups excluding carboxylic acids is 2. The molecule has 9 heteroatoms. The molecule has 33 heavy (non-hydrogen) atoms. The molecule has 2 atom stereocenters. The molecule has 180 valence electrons. The predicted molar refractivity (Wildman–Crippen MR) is 128 cm³/mol. The van der Waals surface area contributed by atoms with Crippen LogP contribution >= 0.6 is 0 Å². The summed E-state index contributed by atoms with van der Waals surface area (Å²) in [6.45, 7) is 4.99. The Balaban J connectivity index is 2.31. The summed E-state index contributed by atoms with van der Waals surface area (Å²) < 4.78 is 39.9. The van der Waals surface area contributed by atoms with Gasteiger partial charge in [-0.1, -0.05) is 49.4 Å². The van der Waals surface area contributed by atoms with Crippen LogP contribution in [0.15, 0.2) is 54.6 Å². The minimum Gasteiger partial charge on any atom is -0.352 e. The lowest BCUT2D eigenvalue weighted by molar-refractivity contribution is -0.139. The zero-order valence-electron chi connectivity index (χ0n) is 19.5. The number of carbonyl (C=O) groups is 2. The predicted octanol–water partition coefficient (Wildman–Crippen LogP) is 2.97. The van der Waals surface area contributed by atoms with Gasteiger partial charge in [-0.25, -0.2) is 12.8 Å². The molecule has 0 aliphatic rings. The molecule has 2 rings (SSSR count). The molecule has 0 spiro atoms. The largest absolute Gasteiger partial charge is 0.352 e. The van der Waals surface area contributed by atoms with E-state index in [-0.39, 0.29) is 24.2 Å². The van der Waals surface area contributed by atoms with Crippen molar-refractivity contribution >= 4 is 27.5 Å². The van der Waals surface area contributed by atoms with Crippen molar-refractivity contribution in [2.45, 2.75) is 45.7 Å². The number of para-hydroxylation sites is 1. The van der Waals surface area contributed by atoms with Crippen LogP contribution in [0.4, 0.5) is 10.1 Å². The van der Waals surface area contributed by atoms with Crippen LogP contribution in [0.3, 0.4) is 0 Å². The molecule has 0 aromatic heterocycles. The van der Waals surface area contributed by atoms with Gasteiger partial charge in [0.05, 0.1) is 11.9 Å². The number of amides is 2. The van der Waals surface area contributed by atoms with Gasteiger partial charge >= 0.3 is 0 Å². The average Bonchev–Trinajstić information content (AvgIpc) is 2.77. The van der Waals surface area contributed by atoms with Gasteiger partial charge in [0.25, 0.3) is 0 Å². The van der Waals surface area contributed by atoms with Crippen molar-refractivity contribution in [3.8, 4) is 0 Å². The molecule has 1 N–H and O–H groups in total. The minimum absolute atomic E-state index is 0.0723. The Morgan fingerprint density at radius 1 is 1.03 bits per heavy atom. The SMILES string of the molecule is CC[C@@H](C)NC(=O)[C@@H](C)N(CCc1ccccc1)C(=O)CN(c1ccccc1F)S(C)(=O)=O. The highest BCUT2D eigenvalue weighted by Gasteiger charge is 2.30. The maximum absolute atomic E-state index is 14.4. The molecule has 7 nitrogen and oxygen atoms in total. The summed E-state index contributed by atoms with van der Waals surface area (Å²) in [6.07, 6.45) is 2.12. The third-order valence-electron chi connectivity index (χ3n) is 5.45. The minimum atomic E-state index is -3.96. The van der Waals surface area contributed by atoms with E-state index in [1.165, 1.54) is 23.1 Å². The summed E-state index contributed by atoms with van der Waals surface area (Å²) in [7, 11) is -3.96. The first kappa shape index (κ1) is 26.3. The fourth-order valence-electron chi connectivity index (χ4n) is 3.28. The van der Waals surface area contributed by atoms with E-state index in [1.54, 1.807) is 6.92 Å². The Morgan fingerprint density at radius 3 is 2.21 bits per heavy atom. The maximum Gasteiger partial charge on any atom is 0.244 e. The van der Waals surface area contributed by atoms with E-state index in [0.29, 0.717) is 6.42 Å². The number of halogens is 1. The topological polar surface area (TPSA) is 86.8 Å². The van der Waals surface area contributed by atoms with Crippen molar-refractivity contribution < 1.29 is 22.4 Å². The molecule has 2 aromatic rings. The standard InChI is InChI=1S/C24H32FN3O4S/c1-5-18(2)26-24(30)19(3)27(16-15-20-11-7-6-8-12-20)23(29)17-28(33(4,31)32)22-14-10-9-13-21(22)25/h6-14,18-19H,5,15-17H2,1-4H3,(H,26,30)/t18-,19-/m1/s1. The molecule has 0 saturated heterocycles. The van der Waals surface area contributed by atoms with Crippen LogP contribution in [0.1, 0.15) is 32.8 Å². The Kier molecular flexibility index (Phi) is 9.40. The number of hydrogen-bond acceptors (Lipinski definition) is 4. The van der Waals surface area contributed by atoms with Crippen LogP contribution in [0, 0.1) is 5.82 Å². The van der Waals surface area contributed by atoms with E-state index in [1.807, 2.05) is 44.2 Å². The molecular weight excluding hydrogens is 445 g/mol. The summed E-state index contributed by atoms with van der Waals surface area (Å²) >= 11 is 0. The zero-order chi connectivity index (χ0) is 24.6. The van der Waals surface area contributed by atoms with Gasteiger partial charge in [-0.15, -0.1) is 0 Å². The fourth-order valence-corrected chi connectivity index (χ4v) is 4.13. The van der Waals surface area contributed by atoms with Gasteiger partial charge in [0.15, 0.2) is 0 Å². The van der Waals surface area contributed by atoms with Crippen molar-refractivity contribution in [3.63, 3.8) is 0 Å². The van der Waals surface area contributed by atoms with Crippen LogP contribution in [0.5, 0.6) is 0 Å². The molecule has 0 heterocycles. The van der Waals surface area contributed by atoms with Crippen LogP contribution in [0.2, 0.25) is 0 Å². The van der Waals surface area contributed by atoms with E-state index in [4.69, 9.17) is 0 Å². The fraction of sp³-hybridized carbons (Fsp3) is 0.417. The number of anilines is 1. The molecule has 0 aliphatic carbocycles. The van der Waals surface area contributed by atoms with Crippen LogP contribution in [-0.4, -0.2) is 56.6 Å². The third kappa shape index (κ3) is 7.56. The van der Waals surface area contributed by atoms with E-state index in [0.717, 1.165) is 28.6 Å². The van der Waals surface area contributed by atoms with Gasteiger partial charge in [-0.05, 0) is 44.4 Å². The van der Waals surface area contributed by atoms with Gasteiger partial charge in [-0.2, -0.15) is 0 Å². The van der Waals surface area contributed by atoms with Gasteiger partial charge in [0.1, 0.15) is 18.4 Å². The zero-order valence-corrected chi connectivity index (χ0v) is 20.3. The first-order chi connectivity index (χ1) is 15.5. The molecular formula is C24H32FN3O4S. The van der Waals surface area contributed by atoms with Crippen LogP contribution in [-0.2, 0) is 26.0 Å². The van der Waals surface area contributed by atoms with E-state index in [2.05, 4.69) is 5.32 Å². The first-order valence-corrected chi connectivity index (χ1v) is 12.8. The first-order valence-electron chi connectivity index (χ1n) is 10.9. The number of nitrogens with one attached hydrogen (secondary N) is 1. The number of hydrogen-bond donors (Lipinski definition) is 1. The number of nitrogens with zero attached hydrogens (tertiary/aromatic N) is 2. The molecule has 0 fully saturated rings. The monoisotopic (exact) mass is 477 g/mol. The summed E-state index contributed by atoms with van der Waals surface area (Å²) in [5.41, 5.74) is 0.756. The molecule has 0 unspecified atom stereocenters. The second kappa shape index (κ2) is 11.8. The van der Waals surface area contributed by atoms with Crippen molar-refractivity contribution in [3.05, 3.63) is 66.0 Å². The van der Waals surface area contributed by atoms with Gasteiger partial charge in [-0.3, -0.25) is 13.9 Å². The lowest BCUT2D eigenvalue weighted by Gasteiger charge is -2.32. The lowest BCUT2D eigenvalue weighted by atomic mass is 10.1. The lowest BCUT2D eigenvalue weighted by Crippen LogP contribution is -2.53. The van der Waals surface area contributed by atoms with Gasteiger partial charge < -0.3 is 10.2 Å². The van der Waals surface area contributed by atoms with Crippen molar-refractivity contribution in [1.29, 1.82) is 0 Å². The number of benzene rings is 2. The van der Waals surface area contributed by atoms with Crippen molar-refractivity contribution in [2.24, 2.45) is 0 Å². The van der Waals surface area contributed by atoms with E-state index in [9.17, 15) is 22.4 Å². The second-order valence-corrected chi connectivity index (χ2v) is 9.94. The summed E-state index contributed by atoms with van der Waals surface area (Å²) in [5.74, 6) is -1.68.